The summed E-state index contributed by atoms with van der Waals surface area (Å²) in [7, 11) is 0. The molecule has 1 heterocycles. The van der Waals surface area contributed by atoms with E-state index in [0.717, 1.165) is 17.8 Å². The standard InChI is InChI=1S/C6H7NS/c8-6-4-2-1-3-5-7-6/h1-2,5H,3-4H2. The van der Waals surface area contributed by atoms with E-state index in [-0.39, 0.29) is 0 Å². The summed E-state index contributed by atoms with van der Waals surface area (Å²) in [6, 6.07) is 0. The summed E-state index contributed by atoms with van der Waals surface area (Å²) in [6.45, 7) is 0. The molecule has 0 spiro atoms. The van der Waals surface area contributed by atoms with E-state index < -0.39 is 0 Å². The summed E-state index contributed by atoms with van der Waals surface area (Å²) >= 11 is 4.84. The van der Waals surface area contributed by atoms with Crippen LogP contribution in [0.5, 0.6) is 0 Å². The van der Waals surface area contributed by atoms with Gasteiger partial charge in [-0.2, -0.15) is 0 Å². The lowest BCUT2D eigenvalue weighted by atomic mass is 10.3. The fourth-order valence-corrected chi connectivity index (χ4v) is 0.719. The van der Waals surface area contributed by atoms with Crippen LogP contribution in [-0.4, -0.2) is 11.2 Å². The Kier molecular flexibility index (Phi) is 1.92. The van der Waals surface area contributed by atoms with E-state index in [1.807, 2.05) is 6.21 Å². The Bertz CT molecular complexity index is 147. The van der Waals surface area contributed by atoms with Crippen LogP contribution in [0.4, 0.5) is 0 Å². The zero-order valence-corrected chi connectivity index (χ0v) is 5.32. The first kappa shape index (κ1) is 5.63. The van der Waals surface area contributed by atoms with Crippen molar-refractivity contribution in [2.45, 2.75) is 12.8 Å². The van der Waals surface area contributed by atoms with E-state index in [1.54, 1.807) is 0 Å². The SMILES string of the molecule is S=C1CC=CCC=N1. The Morgan fingerprint density at radius 3 is 3.25 bits per heavy atom. The third kappa shape index (κ3) is 1.54. The minimum Gasteiger partial charge on any atom is -0.253 e. The average Bonchev–Trinajstić information content (AvgIpc) is 1.94. The maximum atomic E-state index is 4.84. The molecule has 0 unspecified atom stereocenters. The molecule has 0 aromatic carbocycles. The van der Waals surface area contributed by atoms with Crippen molar-refractivity contribution in [1.29, 1.82) is 0 Å². The molecule has 1 aliphatic rings. The van der Waals surface area contributed by atoms with E-state index in [9.17, 15) is 0 Å². The van der Waals surface area contributed by atoms with Crippen LogP contribution >= 0.6 is 12.2 Å². The Morgan fingerprint density at radius 2 is 2.38 bits per heavy atom. The predicted octanol–water partition coefficient (Wildman–Crippen LogP) is 1.73. The van der Waals surface area contributed by atoms with Crippen LogP contribution in [-0.2, 0) is 0 Å². The van der Waals surface area contributed by atoms with Crippen molar-refractivity contribution < 1.29 is 0 Å². The molecule has 0 aromatic rings. The molecule has 0 atom stereocenters. The molecule has 1 rings (SSSR count). The van der Waals surface area contributed by atoms with Gasteiger partial charge >= 0.3 is 0 Å². The summed E-state index contributed by atoms with van der Waals surface area (Å²) in [6.07, 6.45) is 7.73. The third-order valence-electron chi connectivity index (χ3n) is 0.936. The highest BCUT2D eigenvalue weighted by molar-refractivity contribution is 7.80. The van der Waals surface area contributed by atoms with Crippen LogP contribution in [0.15, 0.2) is 17.1 Å². The number of allylic oxidation sites excluding steroid dienone is 1. The largest absolute Gasteiger partial charge is 0.253 e. The fourth-order valence-electron chi connectivity index (χ4n) is 0.548. The number of aliphatic imine (C=N–C) groups is 1. The van der Waals surface area contributed by atoms with Crippen molar-refractivity contribution in [3.63, 3.8) is 0 Å². The average molecular weight is 125 g/mol. The molecule has 0 bridgehead atoms. The molecule has 2 heteroatoms. The summed E-state index contributed by atoms with van der Waals surface area (Å²) < 4.78 is 0. The summed E-state index contributed by atoms with van der Waals surface area (Å²) in [5.74, 6) is 0. The molecule has 0 aromatic heterocycles. The van der Waals surface area contributed by atoms with Gasteiger partial charge in [-0.15, -0.1) is 0 Å². The van der Waals surface area contributed by atoms with Gasteiger partial charge in [0, 0.05) is 19.1 Å². The Morgan fingerprint density at radius 1 is 1.50 bits per heavy atom. The Hall–Kier alpha value is -0.500. The first-order valence-electron chi connectivity index (χ1n) is 2.60. The maximum absolute atomic E-state index is 4.84. The van der Waals surface area contributed by atoms with Crippen LogP contribution in [0.25, 0.3) is 0 Å². The molecule has 1 aliphatic heterocycles. The van der Waals surface area contributed by atoms with Crippen molar-refractivity contribution in [3.8, 4) is 0 Å². The van der Waals surface area contributed by atoms with E-state index in [0.29, 0.717) is 0 Å². The van der Waals surface area contributed by atoms with Gasteiger partial charge in [-0.05, 0) is 0 Å². The number of hydrogen-bond acceptors (Lipinski definition) is 1. The van der Waals surface area contributed by atoms with E-state index in [4.69, 9.17) is 12.2 Å². The second-order valence-corrected chi connectivity index (χ2v) is 2.09. The molecule has 1 nitrogen and oxygen atoms in total. The van der Waals surface area contributed by atoms with Gasteiger partial charge < -0.3 is 0 Å². The molecule has 0 amide bonds. The summed E-state index contributed by atoms with van der Waals surface area (Å²) in [5, 5.41) is 0. The van der Waals surface area contributed by atoms with Gasteiger partial charge in [-0.1, -0.05) is 24.4 Å². The zero-order valence-electron chi connectivity index (χ0n) is 4.50. The van der Waals surface area contributed by atoms with Crippen molar-refractivity contribution >= 4 is 23.4 Å². The fraction of sp³-hybridized carbons (Fsp3) is 0.333. The molecule has 0 saturated carbocycles. The molecule has 0 N–H and O–H groups in total. The number of thiocarbonyl (C=S) groups is 1. The second kappa shape index (κ2) is 2.72. The third-order valence-corrected chi connectivity index (χ3v) is 1.21. The second-order valence-electron chi connectivity index (χ2n) is 1.62. The van der Waals surface area contributed by atoms with E-state index in [1.165, 1.54) is 0 Å². The number of hydrogen-bond donors (Lipinski definition) is 0. The quantitative estimate of drug-likeness (QED) is 0.355. The molecule has 0 saturated heterocycles. The van der Waals surface area contributed by atoms with Crippen molar-refractivity contribution in [2.75, 3.05) is 0 Å². The first-order valence-corrected chi connectivity index (χ1v) is 3.01. The highest BCUT2D eigenvalue weighted by atomic mass is 32.1. The van der Waals surface area contributed by atoms with Gasteiger partial charge in [-0.25, -0.2) is 0 Å². The Balaban J connectivity index is 2.61. The van der Waals surface area contributed by atoms with Crippen LogP contribution < -0.4 is 0 Å². The lowest BCUT2D eigenvalue weighted by molar-refractivity contribution is 1.46. The minimum atomic E-state index is 0.791. The normalized spacial score (nSPS) is 18.8. The number of nitrogens with zero attached hydrogens (tertiary/aromatic N) is 1. The van der Waals surface area contributed by atoms with Crippen molar-refractivity contribution in [2.24, 2.45) is 4.99 Å². The van der Waals surface area contributed by atoms with Crippen molar-refractivity contribution in [3.05, 3.63) is 12.2 Å². The lowest BCUT2D eigenvalue weighted by Gasteiger charge is -1.82. The van der Waals surface area contributed by atoms with Gasteiger partial charge in [-0.3, -0.25) is 4.99 Å². The van der Waals surface area contributed by atoms with Crippen LogP contribution in [0.2, 0.25) is 0 Å². The lowest BCUT2D eigenvalue weighted by Crippen LogP contribution is -1.82. The predicted molar refractivity (Wildman–Crippen MR) is 39.5 cm³/mol. The monoisotopic (exact) mass is 125 g/mol. The topological polar surface area (TPSA) is 12.4 Å². The zero-order chi connectivity index (χ0) is 5.82. The highest BCUT2D eigenvalue weighted by Crippen LogP contribution is 1.96. The molecular weight excluding hydrogens is 118 g/mol. The van der Waals surface area contributed by atoms with Gasteiger partial charge in [0.25, 0.3) is 0 Å². The maximum Gasteiger partial charge on any atom is 0.106 e. The van der Waals surface area contributed by atoms with Gasteiger partial charge in [0.15, 0.2) is 0 Å². The summed E-state index contributed by atoms with van der Waals surface area (Å²) in [4.78, 5) is 4.76. The minimum absolute atomic E-state index is 0.791. The van der Waals surface area contributed by atoms with Crippen molar-refractivity contribution in [1.82, 2.24) is 0 Å². The Labute approximate surface area is 54.1 Å². The van der Waals surface area contributed by atoms with Gasteiger partial charge in [0.05, 0.1) is 0 Å². The molecule has 0 aliphatic carbocycles. The summed E-state index contributed by atoms with van der Waals surface area (Å²) in [5.41, 5.74) is 0. The molecule has 8 heavy (non-hydrogen) atoms. The molecule has 0 radical (unpaired) electrons. The van der Waals surface area contributed by atoms with Gasteiger partial charge in [0.1, 0.15) is 4.99 Å². The first-order chi connectivity index (χ1) is 3.89. The highest BCUT2D eigenvalue weighted by Gasteiger charge is 1.89. The van der Waals surface area contributed by atoms with Crippen LogP contribution in [0, 0.1) is 0 Å². The number of rotatable bonds is 0. The van der Waals surface area contributed by atoms with Gasteiger partial charge in [0.2, 0.25) is 0 Å². The smallest absolute Gasteiger partial charge is 0.106 e. The van der Waals surface area contributed by atoms with E-state index in [2.05, 4.69) is 17.1 Å². The molecule has 0 fully saturated rings. The molecular formula is C6H7NS. The van der Waals surface area contributed by atoms with E-state index >= 15 is 0 Å². The van der Waals surface area contributed by atoms with Crippen LogP contribution in [0.1, 0.15) is 12.8 Å². The van der Waals surface area contributed by atoms with Crippen LogP contribution in [0.3, 0.4) is 0 Å². The molecule has 42 valence electrons.